The fourth-order valence-electron chi connectivity index (χ4n) is 2.05. The molecule has 0 unspecified atom stereocenters. The Morgan fingerprint density at radius 3 is 2.06 bits per heavy atom. The van der Waals surface area contributed by atoms with E-state index in [2.05, 4.69) is 10.6 Å². The molecule has 0 aromatic rings. The number of carbonyl (C=O) groups excluding carboxylic acids is 3. The highest BCUT2D eigenvalue weighted by Gasteiger charge is 2.49. The van der Waals surface area contributed by atoms with Crippen LogP contribution in [0.25, 0.3) is 0 Å². The molecule has 1 rings (SSSR count). The molecule has 1 fully saturated rings. The van der Waals surface area contributed by atoms with Gasteiger partial charge in [0.05, 0.1) is 0 Å². The second kappa shape index (κ2) is 5.95. The number of amides is 4. The van der Waals surface area contributed by atoms with Gasteiger partial charge in [0.15, 0.2) is 0 Å². The molecule has 1 saturated heterocycles. The lowest BCUT2D eigenvalue weighted by atomic mass is 9.76. The van der Waals surface area contributed by atoms with Gasteiger partial charge in [0.25, 0.3) is 0 Å². The Balaban J connectivity index is 2.90. The molecule has 1 aliphatic heterocycles. The third-order valence-electron chi connectivity index (χ3n) is 3.27. The average Bonchev–Trinajstić information content (AvgIpc) is 2.27. The second-order valence-corrected chi connectivity index (χ2v) is 4.98. The van der Waals surface area contributed by atoms with Crippen LogP contribution in [0.4, 0.5) is 4.79 Å². The normalized spacial score (nSPS) is 18.8. The van der Waals surface area contributed by atoms with Crippen LogP contribution in [0, 0.1) is 5.41 Å². The van der Waals surface area contributed by atoms with Crippen molar-refractivity contribution in [3.63, 3.8) is 0 Å². The van der Waals surface area contributed by atoms with Crippen LogP contribution in [0.15, 0.2) is 0 Å². The molecule has 0 spiro atoms. The summed E-state index contributed by atoms with van der Waals surface area (Å²) < 4.78 is 0. The summed E-state index contributed by atoms with van der Waals surface area (Å²) in [5, 5.41) is 4.41. The van der Waals surface area contributed by atoms with Crippen LogP contribution in [0.1, 0.15) is 32.6 Å². The van der Waals surface area contributed by atoms with Gasteiger partial charge in [0.1, 0.15) is 5.41 Å². The van der Waals surface area contributed by atoms with Crippen LogP contribution in [0.5, 0.6) is 0 Å². The fraction of sp³-hybridized carbons (Fsp3) is 0.750. The van der Waals surface area contributed by atoms with Gasteiger partial charge in [0.2, 0.25) is 11.8 Å². The highest BCUT2D eigenvalue weighted by molar-refractivity contribution is 6.19. The molecule has 1 aliphatic rings. The number of rotatable bonds is 6. The van der Waals surface area contributed by atoms with Gasteiger partial charge in [-0.15, -0.1) is 0 Å². The zero-order chi connectivity index (χ0) is 13.8. The molecule has 6 nitrogen and oxygen atoms in total. The second-order valence-electron chi connectivity index (χ2n) is 4.98. The lowest BCUT2D eigenvalue weighted by Crippen LogP contribution is -2.62. The minimum absolute atomic E-state index is 0.422. The number of unbranched alkanes of at least 4 members (excludes halogenated alkanes) is 1. The predicted molar refractivity (Wildman–Crippen MR) is 66.8 cm³/mol. The van der Waals surface area contributed by atoms with Gasteiger partial charge in [-0.2, -0.15) is 0 Å². The predicted octanol–water partition coefficient (Wildman–Crippen LogP) is 0.481. The van der Waals surface area contributed by atoms with Gasteiger partial charge in [-0.05, 0) is 33.5 Å². The molecule has 0 radical (unpaired) electrons. The highest BCUT2D eigenvalue weighted by atomic mass is 16.2. The summed E-state index contributed by atoms with van der Waals surface area (Å²) in [5.74, 6) is -0.932. The molecule has 4 amide bonds. The minimum atomic E-state index is -1.10. The van der Waals surface area contributed by atoms with Crippen molar-refractivity contribution in [1.29, 1.82) is 0 Å². The molecule has 18 heavy (non-hydrogen) atoms. The zero-order valence-corrected chi connectivity index (χ0v) is 11.2. The maximum Gasteiger partial charge on any atom is 0.328 e. The maximum atomic E-state index is 12.0. The van der Waals surface area contributed by atoms with Gasteiger partial charge in [0, 0.05) is 0 Å². The van der Waals surface area contributed by atoms with Crippen LogP contribution in [-0.2, 0) is 9.59 Å². The SMILES string of the molecule is CCCCC1(CCN(C)C)C(=O)NC(=O)NC1=O. The van der Waals surface area contributed by atoms with Gasteiger partial charge >= 0.3 is 6.03 Å². The molecule has 6 heteroatoms. The number of hydrogen-bond donors (Lipinski definition) is 2. The number of nitrogens with one attached hydrogen (secondary N) is 2. The van der Waals surface area contributed by atoms with E-state index in [1.54, 1.807) is 0 Å². The van der Waals surface area contributed by atoms with E-state index in [1.165, 1.54) is 0 Å². The Morgan fingerprint density at radius 1 is 1.06 bits per heavy atom. The van der Waals surface area contributed by atoms with E-state index in [4.69, 9.17) is 0 Å². The van der Waals surface area contributed by atoms with Crippen molar-refractivity contribution in [1.82, 2.24) is 15.5 Å². The van der Waals surface area contributed by atoms with Gasteiger partial charge in [-0.1, -0.05) is 19.8 Å². The molecule has 0 atom stereocenters. The minimum Gasteiger partial charge on any atom is -0.309 e. The summed E-state index contributed by atoms with van der Waals surface area (Å²) in [5.41, 5.74) is -1.10. The molecule has 0 aromatic carbocycles. The number of barbiturate groups is 1. The van der Waals surface area contributed by atoms with E-state index >= 15 is 0 Å². The average molecular weight is 255 g/mol. The monoisotopic (exact) mass is 255 g/mol. The first-order chi connectivity index (χ1) is 8.42. The number of hydrogen-bond acceptors (Lipinski definition) is 4. The van der Waals surface area contributed by atoms with Crippen LogP contribution >= 0.6 is 0 Å². The van der Waals surface area contributed by atoms with Gasteiger partial charge in [-0.3, -0.25) is 20.2 Å². The Labute approximate surface area is 107 Å². The first-order valence-corrected chi connectivity index (χ1v) is 6.24. The van der Waals surface area contributed by atoms with E-state index in [9.17, 15) is 14.4 Å². The summed E-state index contributed by atoms with van der Waals surface area (Å²) in [6.07, 6.45) is 2.58. The Morgan fingerprint density at radius 2 is 1.61 bits per heavy atom. The highest BCUT2D eigenvalue weighted by Crippen LogP contribution is 2.31. The largest absolute Gasteiger partial charge is 0.328 e. The van der Waals surface area contributed by atoms with E-state index < -0.39 is 23.3 Å². The summed E-state index contributed by atoms with van der Waals surface area (Å²) in [6, 6.07) is -0.720. The van der Waals surface area contributed by atoms with E-state index in [1.807, 2.05) is 25.9 Å². The first kappa shape index (κ1) is 14.6. The Bertz CT molecular complexity index is 332. The Hall–Kier alpha value is -1.43. The molecular formula is C12H21N3O3. The van der Waals surface area contributed by atoms with E-state index in [-0.39, 0.29) is 0 Å². The van der Waals surface area contributed by atoms with E-state index in [0.29, 0.717) is 19.4 Å². The molecule has 0 aliphatic carbocycles. The number of nitrogens with zero attached hydrogens (tertiary/aromatic N) is 1. The van der Waals surface area contributed by atoms with Gasteiger partial charge in [-0.25, -0.2) is 4.79 Å². The molecular weight excluding hydrogens is 234 g/mol. The molecule has 2 N–H and O–H groups in total. The lowest BCUT2D eigenvalue weighted by molar-refractivity contribution is -0.145. The van der Waals surface area contributed by atoms with Crippen molar-refractivity contribution >= 4 is 17.8 Å². The van der Waals surface area contributed by atoms with Crippen molar-refractivity contribution in [2.45, 2.75) is 32.6 Å². The van der Waals surface area contributed by atoms with Crippen molar-refractivity contribution in [2.24, 2.45) is 5.41 Å². The third kappa shape index (κ3) is 3.07. The van der Waals surface area contributed by atoms with Crippen LogP contribution < -0.4 is 10.6 Å². The first-order valence-electron chi connectivity index (χ1n) is 6.24. The lowest BCUT2D eigenvalue weighted by Gasteiger charge is -2.34. The van der Waals surface area contributed by atoms with E-state index in [0.717, 1.165) is 12.8 Å². The molecule has 0 aromatic heterocycles. The van der Waals surface area contributed by atoms with Crippen LogP contribution in [0.3, 0.4) is 0 Å². The number of imide groups is 2. The fourth-order valence-corrected chi connectivity index (χ4v) is 2.05. The molecule has 0 saturated carbocycles. The quantitative estimate of drug-likeness (QED) is 0.677. The third-order valence-corrected chi connectivity index (χ3v) is 3.27. The number of carbonyl (C=O) groups is 3. The van der Waals surface area contributed by atoms with Crippen LogP contribution in [0.2, 0.25) is 0 Å². The summed E-state index contributed by atoms with van der Waals surface area (Å²) >= 11 is 0. The standard InChI is InChI=1S/C12H21N3O3/c1-4-5-6-12(7-8-15(2)3)9(16)13-11(18)14-10(12)17/h4-8H2,1-3H3,(H2,13,14,16,17,18). The van der Waals surface area contributed by atoms with Crippen molar-refractivity contribution < 1.29 is 14.4 Å². The van der Waals surface area contributed by atoms with Crippen molar-refractivity contribution in [3.05, 3.63) is 0 Å². The smallest absolute Gasteiger partial charge is 0.309 e. The topological polar surface area (TPSA) is 78.5 Å². The van der Waals surface area contributed by atoms with Crippen molar-refractivity contribution in [2.75, 3.05) is 20.6 Å². The molecule has 1 heterocycles. The number of urea groups is 1. The Kier molecular flexibility index (Phi) is 4.84. The zero-order valence-electron chi connectivity index (χ0n) is 11.2. The maximum absolute atomic E-state index is 12.0. The van der Waals surface area contributed by atoms with Crippen LogP contribution in [-0.4, -0.2) is 43.4 Å². The molecule has 102 valence electrons. The summed E-state index contributed by atoms with van der Waals surface area (Å²) in [7, 11) is 3.77. The van der Waals surface area contributed by atoms with Crippen molar-refractivity contribution in [3.8, 4) is 0 Å². The summed E-state index contributed by atoms with van der Waals surface area (Å²) in [4.78, 5) is 37.1. The molecule has 0 bridgehead atoms. The van der Waals surface area contributed by atoms with Gasteiger partial charge < -0.3 is 4.90 Å². The summed E-state index contributed by atoms with van der Waals surface area (Å²) in [6.45, 7) is 2.63.